The largest absolute Gasteiger partial charge is 0.481 e. The smallest absolute Gasteiger partial charge is 0.307 e. The molecule has 4 saturated carbocycles. The average molecular weight is 318 g/mol. The fraction of sp³-hybridized carbons (Fsp3) is 0.900. The van der Waals surface area contributed by atoms with Crippen molar-refractivity contribution in [3.8, 4) is 0 Å². The van der Waals surface area contributed by atoms with Crippen molar-refractivity contribution >= 4 is 11.8 Å². The van der Waals surface area contributed by atoms with Crippen LogP contribution in [-0.2, 0) is 9.59 Å². The quantitative estimate of drug-likeness (QED) is 0.784. The Kier molecular flexibility index (Phi) is 3.45. The number of carbonyl (C=O) groups is 2. The highest BCUT2D eigenvalue weighted by molar-refractivity contribution is 5.79. The first kappa shape index (κ1) is 15.7. The van der Waals surface area contributed by atoms with Crippen LogP contribution in [0.2, 0.25) is 0 Å². The van der Waals surface area contributed by atoms with Crippen LogP contribution in [0.3, 0.4) is 0 Å². The molecule has 0 aromatic carbocycles. The molecule has 7 atom stereocenters. The molecule has 2 unspecified atom stereocenters. The molecule has 4 rings (SSSR count). The van der Waals surface area contributed by atoms with Crippen LogP contribution in [0.25, 0.3) is 0 Å². The zero-order valence-electron chi connectivity index (χ0n) is 14.5. The molecule has 0 aromatic rings. The predicted octanol–water partition coefficient (Wildman–Crippen LogP) is 4.30. The second kappa shape index (κ2) is 5.07. The van der Waals surface area contributed by atoms with Crippen LogP contribution in [0.5, 0.6) is 0 Å². The van der Waals surface area contributed by atoms with E-state index < -0.39 is 5.97 Å². The molecule has 4 aliphatic rings. The maximum absolute atomic E-state index is 11.9. The van der Waals surface area contributed by atoms with Gasteiger partial charge in [0.05, 0.1) is 5.92 Å². The first-order valence-corrected chi connectivity index (χ1v) is 9.61. The third-order valence-corrected chi connectivity index (χ3v) is 8.78. The second-order valence-electron chi connectivity index (χ2n) is 9.41. The molecule has 0 radical (unpaired) electrons. The fourth-order valence-electron chi connectivity index (χ4n) is 7.45. The molecule has 0 amide bonds. The molecule has 0 bridgehead atoms. The molecule has 0 aliphatic heterocycles. The Balaban J connectivity index is 1.63. The van der Waals surface area contributed by atoms with E-state index in [2.05, 4.69) is 13.8 Å². The lowest BCUT2D eigenvalue weighted by Crippen LogP contribution is -2.53. The molecule has 1 N–H and O–H groups in total. The molecule has 3 nitrogen and oxygen atoms in total. The third-order valence-electron chi connectivity index (χ3n) is 8.78. The van der Waals surface area contributed by atoms with Gasteiger partial charge in [-0.05, 0) is 79.4 Å². The highest BCUT2D eigenvalue weighted by Gasteiger charge is 2.61. The van der Waals surface area contributed by atoms with Gasteiger partial charge in [-0.1, -0.05) is 13.8 Å². The number of hydrogen-bond donors (Lipinski definition) is 1. The van der Waals surface area contributed by atoms with Crippen LogP contribution in [0, 0.1) is 40.4 Å². The Morgan fingerprint density at radius 1 is 1.00 bits per heavy atom. The number of Topliss-reactive ketones (excluding diaryl/α,β-unsaturated/α-hetero) is 1. The zero-order valence-corrected chi connectivity index (χ0v) is 14.5. The summed E-state index contributed by atoms with van der Waals surface area (Å²) in [5, 5.41) is 9.64. The van der Waals surface area contributed by atoms with Crippen molar-refractivity contribution in [2.75, 3.05) is 0 Å². The Morgan fingerprint density at radius 2 is 1.74 bits per heavy atom. The molecular weight excluding hydrogens is 288 g/mol. The maximum Gasteiger partial charge on any atom is 0.307 e. The topological polar surface area (TPSA) is 54.4 Å². The lowest BCUT2D eigenvalue weighted by atomic mass is 9.45. The number of fused-ring (bicyclic) bond motifs is 5. The number of carboxylic acid groups (broad SMARTS) is 1. The first-order chi connectivity index (χ1) is 10.9. The summed E-state index contributed by atoms with van der Waals surface area (Å²) >= 11 is 0. The van der Waals surface area contributed by atoms with E-state index in [4.69, 9.17) is 0 Å². The standard InChI is InChI=1S/C20H30O3/c1-19-9-7-13(21)11-12(19)3-4-14-15-5-6-17(18(22)23)20(15,2)10-8-16(14)19/h12,14-17H,3-11H2,1-2H3,(H,22,23)/t12?,14-,15-,16+,17?,19-,20-/m0/s1. The molecule has 0 spiro atoms. The number of carbonyl (C=O) groups excluding carboxylic acids is 1. The van der Waals surface area contributed by atoms with E-state index in [-0.39, 0.29) is 11.3 Å². The molecule has 23 heavy (non-hydrogen) atoms. The molecular formula is C20H30O3. The van der Waals surface area contributed by atoms with Gasteiger partial charge in [0.1, 0.15) is 5.78 Å². The Labute approximate surface area is 139 Å². The summed E-state index contributed by atoms with van der Waals surface area (Å²) in [5.41, 5.74) is 0.347. The zero-order chi connectivity index (χ0) is 16.4. The lowest BCUT2D eigenvalue weighted by Gasteiger charge is -2.60. The average Bonchev–Trinajstić information content (AvgIpc) is 2.85. The molecule has 3 heteroatoms. The minimum Gasteiger partial charge on any atom is -0.481 e. The van der Waals surface area contributed by atoms with Gasteiger partial charge in [-0.15, -0.1) is 0 Å². The van der Waals surface area contributed by atoms with Gasteiger partial charge in [0.15, 0.2) is 0 Å². The summed E-state index contributed by atoms with van der Waals surface area (Å²) in [4.78, 5) is 23.6. The van der Waals surface area contributed by atoms with Crippen molar-refractivity contribution < 1.29 is 14.7 Å². The molecule has 0 heterocycles. The number of carboxylic acids is 1. The van der Waals surface area contributed by atoms with E-state index in [1.807, 2.05) is 0 Å². The van der Waals surface area contributed by atoms with Crippen molar-refractivity contribution in [1.29, 1.82) is 0 Å². The van der Waals surface area contributed by atoms with Gasteiger partial charge < -0.3 is 5.11 Å². The summed E-state index contributed by atoms with van der Waals surface area (Å²) in [6.45, 7) is 4.71. The van der Waals surface area contributed by atoms with E-state index in [1.165, 1.54) is 19.3 Å². The molecule has 128 valence electrons. The van der Waals surface area contributed by atoms with Crippen LogP contribution in [0.4, 0.5) is 0 Å². The SMILES string of the molecule is C[C@]12CCC(=O)CC1CC[C@@H]1[C@H]2CC[C@]2(C)C(C(=O)O)CC[C@@H]12. The van der Waals surface area contributed by atoms with E-state index in [9.17, 15) is 14.7 Å². The van der Waals surface area contributed by atoms with Crippen LogP contribution >= 0.6 is 0 Å². The van der Waals surface area contributed by atoms with Crippen LogP contribution in [0.15, 0.2) is 0 Å². The van der Waals surface area contributed by atoms with Crippen molar-refractivity contribution in [3.05, 3.63) is 0 Å². The Hall–Kier alpha value is -0.860. The predicted molar refractivity (Wildman–Crippen MR) is 87.9 cm³/mol. The van der Waals surface area contributed by atoms with Gasteiger partial charge in [-0.3, -0.25) is 9.59 Å². The maximum atomic E-state index is 11.9. The van der Waals surface area contributed by atoms with Gasteiger partial charge in [0.25, 0.3) is 0 Å². The van der Waals surface area contributed by atoms with E-state index in [0.717, 1.165) is 44.4 Å². The second-order valence-corrected chi connectivity index (χ2v) is 9.41. The highest BCUT2D eigenvalue weighted by atomic mass is 16.4. The van der Waals surface area contributed by atoms with E-state index in [1.54, 1.807) is 0 Å². The number of aliphatic carboxylic acids is 1. The van der Waals surface area contributed by atoms with Crippen LogP contribution < -0.4 is 0 Å². The van der Waals surface area contributed by atoms with Crippen molar-refractivity contribution in [2.45, 2.75) is 71.6 Å². The molecule has 4 aliphatic carbocycles. The summed E-state index contributed by atoms with van der Waals surface area (Å²) in [6.07, 6.45) is 9.30. The lowest BCUT2D eigenvalue weighted by molar-refractivity contribution is -0.154. The number of rotatable bonds is 1. The molecule has 0 saturated heterocycles. The summed E-state index contributed by atoms with van der Waals surface area (Å²) < 4.78 is 0. The Morgan fingerprint density at radius 3 is 2.48 bits per heavy atom. The van der Waals surface area contributed by atoms with Gasteiger partial charge in [-0.25, -0.2) is 0 Å². The summed E-state index contributed by atoms with van der Waals surface area (Å²) in [5.74, 6) is 2.37. The summed E-state index contributed by atoms with van der Waals surface area (Å²) in [7, 11) is 0. The minimum absolute atomic E-state index is 0.0146. The highest BCUT2D eigenvalue weighted by Crippen LogP contribution is 2.67. The van der Waals surface area contributed by atoms with Crippen molar-refractivity contribution in [3.63, 3.8) is 0 Å². The molecule has 0 aromatic heterocycles. The fourth-order valence-corrected chi connectivity index (χ4v) is 7.45. The monoisotopic (exact) mass is 318 g/mol. The first-order valence-electron chi connectivity index (χ1n) is 9.61. The number of hydrogen-bond acceptors (Lipinski definition) is 2. The summed E-state index contributed by atoms with van der Waals surface area (Å²) in [6, 6.07) is 0. The minimum atomic E-state index is -0.573. The van der Waals surface area contributed by atoms with Gasteiger partial charge in [0, 0.05) is 12.8 Å². The molecule has 4 fully saturated rings. The Bertz CT molecular complexity index is 541. The number of ketones is 1. The van der Waals surface area contributed by atoms with Crippen LogP contribution in [-0.4, -0.2) is 16.9 Å². The van der Waals surface area contributed by atoms with Gasteiger partial charge in [-0.2, -0.15) is 0 Å². The van der Waals surface area contributed by atoms with Crippen molar-refractivity contribution in [1.82, 2.24) is 0 Å². The van der Waals surface area contributed by atoms with E-state index >= 15 is 0 Å². The van der Waals surface area contributed by atoms with E-state index in [0.29, 0.717) is 29.0 Å². The normalized spacial score (nSPS) is 52.4. The van der Waals surface area contributed by atoms with Gasteiger partial charge in [0.2, 0.25) is 0 Å². The van der Waals surface area contributed by atoms with Gasteiger partial charge >= 0.3 is 5.97 Å². The third kappa shape index (κ3) is 2.07. The van der Waals surface area contributed by atoms with Crippen LogP contribution in [0.1, 0.15) is 71.6 Å². The van der Waals surface area contributed by atoms with Crippen molar-refractivity contribution in [2.24, 2.45) is 40.4 Å².